The van der Waals surface area contributed by atoms with Crippen LogP contribution in [-0.2, 0) is 14.8 Å². The van der Waals surface area contributed by atoms with Gasteiger partial charge in [-0.3, -0.25) is 4.72 Å². The number of sulfonamides is 1. The summed E-state index contributed by atoms with van der Waals surface area (Å²) in [6, 6.07) is 8.71. The molecule has 0 aliphatic carbocycles. The number of ether oxygens (including phenoxy) is 1. The van der Waals surface area contributed by atoms with E-state index < -0.39 is 16.0 Å². The lowest BCUT2D eigenvalue weighted by molar-refractivity contribution is 0.0601. The number of hydrogen-bond donors (Lipinski definition) is 2. The number of carbonyl (C=O) groups excluding carboxylic acids is 1. The van der Waals surface area contributed by atoms with Crippen LogP contribution in [0.2, 0.25) is 0 Å². The maximum Gasteiger partial charge on any atom is 0.337 e. The minimum atomic E-state index is -3.80. The standard InChI is InChI=1S/C13H13N3O4S/c1-20-13(17)9-3-2-4-10(7-9)16-21(18,19)11-5-6-12(14)15-8-11/h2-8,16H,1H3,(H2,14,15). The molecule has 0 unspecified atom stereocenters. The number of nitrogens with one attached hydrogen (secondary N) is 1. The van der Waals surface area contributed by atoms with Crippen molar-refractivity contribution in [2.45, 2.75) is 4.90 Å². The molecule has 8 heteroatoms. The number of nitrogens with two attached hydrogens (primary N) is 1. The third-order valence-corrected chi connectivity index (χ3v) is 3.97. The van der Waals surface area contributed by atoms with Crippen LogP contribution in [0.3, 0.4) is 0 Å². The molecule has 0 fully saturated rings. The molecule has 3 N–H and O–H groups in total. The van der Waals surface area contributed by atoms with Crippen molar-refractivity contribution in [1.29, 1.82) is 0 Å². The van der Waals surface area contributed by atoms with Crippen molar-refractivity contribution >= 4 is 27.5 Å². The quantitative estimate of drug-likeness (QED) is 0.822. The first-order valence-electron chi connectivity index (χ1n) is 5.85. The average Bonchev–Trinajstić information content (AvgIpc) is 2.46. The van der Waals surface area contributed by atoms with Crippen LogP contribution in [0.1, 0.15) is 10.4 Å². The van der Waals surface area contributed by atoms with Gasteiger partial charge in [0.05, 0.1) is 12.7 Å². The summed E-state index contributed by atoms with van der Waals surface area (Å²) in [7, 11) is -2.55. The molecule has 0 saturated carbocycles. The van der Waals surface area contributed by atoms with Gasteiger partial charge in [0, 0.05) is 11.9 Å². The number of methoxy groups -OCH3 is 1. The fraction of sp³-hybridized carbons (Fsp3) is 0.0769. The molecule has 0 spiro atoms. The van der Waals surface area contributed by atoms with Gasteiger partial charge >= 0.3 is 5.97 Å². The minimum Gasteiger partial charge on any atom is -0.465 e. The summed E-state index contributed by atoms with van der Waals surface area (Å²) in [4.78, 5) is 15.1. The largest absolute Gasteiger partial charge is 0.465 e. The van der Waals surface area contributed by atoms with E-state index in [0.29, 0.717) is 0 Å². The smallest absolute Gasteiger partial charge is 0.337 e. The van der Waals surface area contributed by atoms with E-state index in [0.717, 1.165) is 6.20 Å². The Kier molecular flexibility index (Phi) is 4.08. The van der Waals surface area contributed by atoms with Crippen LogP contribution in [-0.4, -0.2) is 26.5 Å². The Balaban J connectivity index is 2.28. The van der Waals surface area contributed by atoms with Crippen molar-refractivity contribution in [2.24, 2.45) is 0 Å². The van der Waals surface area contributed by atoms with Crippen LogP contribution >= 0.6 is 0 Å². The number of pyridine rings is 1. The fourth-order valence-electron chi connectivity index (χ4n) is 1.59. The van der Waals surface area contributed by atoms with E-state index in [-0.39, 0.29) is 22.0 Å². The summed E-state index contributed by atoms with van der Waals surface area (Å²) < 4.78 is 31.2. The monoisotopic (exact) mass is 307 g/mol. The van der Waals surface area contributed by atoms with Crippen molar-refractivity contribution in [2.75, 3.05) is 17.6 Å². The molecular weight excluding hydrogens is 294 g/mol. The summed E-state index contributed by atoms with van der Waals surface area (Å²) in [6.07, 6.45) is 1.15. The van der Waals surface area contributed by atoms with Gasteiger partial charge in [0.15, 0.2) is 0 Å². The maximum absolute atomic E-state index is 12.2. The zero-order chi connectivity index (χ0) is 15.5. The molecule has 0 radical (unpaired) electrons. The second-order valence-electron chi connectivity index (χ2n) is 4.10. The molecule has 1 aromatic carbocycles. The molecule has 2 aromatic rings. The molecule has 0 saturated heterocycles. The molecule has 1 heterocycles. The van der Waals surface area contributed by atoms with Crippen LogP contribution in [0.25, 0.3) is 0 Å². The van der Waals surface area contributed by atoms with Gasteiger partial charge in [0.25, 0.3) is 10.0 Å². The van der Waals surface area contributed by atoms with Gasteiger partial charge in [-0.15, -0.1) is 0 Å². The molecule has 0 atom stereocenters. The van der Waals surface area contributed by atoms with Gasteiger partial charge in [-0.1, -0.05) is 6.07 Å². The number of aromatic nitrogens is 1. The Morgan fingerprint density at radius 3 is 2.67 bits per heavy atom. The Morgan fingerprint density at radius 2 is 2.05 bits per heavy atom. The second-order valence-corrected chi connectivity index (χ2v) is 5.78. The van der Waals surface area contributed by atoms with Gasteiger partial charge in [-0.2, -0.15) is 0 Å². The topological polar surface area (TPSA) is 111 Å². The van der Waals surface area contributed by atoms with Crippen LogP contribution < -0.4 is 10.5 Å². The van der Waals surface area contributed by atoms with Crippen molar-refractivity contribution in [3.05, 3.63) is 48.2 Å². The van der Waals surface area contributed by atoms with E-state index in [1.807, 2.05) is 0 Å². The van der Waals surface area contributed by atoms with Crippen molar-refractivity contribution in [1.82, 2.24) is 4.98 Å². The summed E-state index contributed by atoms with van der Waals surface area (Å²) in [5.74, 6) is -0.327. The van der Waals surface area contributed by atoms with E-state index in [4.69, 9.17) is 5.73 Å². The molecule has 0 amide bonds. The molecule has 2 rings (SSSR count). The first-order valence-corrected chi connectivity index (χ1v) is 7.33. The van der Waals surface area contributed by atoms with Crippen molar-refractivity contribution in [3.8, 4) is 0 Å². The summed E-state index contributed by atoms with van der Waals surface area (Å²) in [5, 5.41) is 0. The van der Waals surface area contributed by atoms with Crippen LogP contribution in [0.15, 0.2) is 47.5 Å². The highest BCUT2D eigenvalue weighted by Gasteiger charge is 2.15. The summed E-state index contributed by atoms with van der Waals surface area (Å²) in [6.45, 7) is 0. The Hall–Kier alpha value is -2.61. The minimum absolute atomic E-state index is 0.0276. The van der Waals surface area contributed by atoms with Crippen LogP contribution in [0, 0.1) is 0 Å². The molecule has 1 aromatic heterocycles. The molecule has 21 heavy (non-hydrogen) atoms. The van der Waals surface area contributed by atoms with Gasteiger partial charge in [-0.05, 0) is 30.3 Å². The molecular formula is C13H13N3O4S. The molecule has 0 bridgehead atoms. The normalized spacial score (nSPS) is 10.9. The van der Waals surface area contributed by atoms with Crippen molar-refractivity contribution in [3.63, 3.8) is 0 Å². The predicted molar refractivity (Wildman–Crippen MR) is 77.2 cm³/mol. The van der Waals surface area contributed by atoms with E-state index in [1.54, 1.807) is 6.07 Å². The highest BCUT2D eigenvalue weighted by atomic mass is 32.2. The molecule has 7 nitrogen and oxygen atoms in total. The zero-order valence-corrected chi connectivity index (χ0v) is 11.9. The zero-order valence-electron chi connectivity index (χ0n) is 11.1. The number of hydrogen-bond acceptors (Lipinski definition) is 6. The fourth-order valence-corrected chi connectivity index (χ4v) is 2.59. The number of benzene rings is 1. The number of esters is 1. The number of nitrogen functional groups attached to an aromatic ring is 1. The van der Waals surface area contributed by atoms with Crippen LogP contribution in [0.5, 0.6) is 0 Å². The summed E-state index contributed by atoms with van der Waals surface area (Å²) in [5.41, 5.74) is 5.90. The lowest BCUT2D eigenvalue weighted by atomic mass is 10.2. The second kappa shape index (κ2) is 5.80. The number of nitrogens with zero attached hydrogens (tertiary/aromatic N) is 1. The lowest BCUT2D eigenvalue weighted by Gasteiger charge is -2.09. The third-order valence-electron chi connectivity index (χ3n) is 2.61. The number of carbonyl (C=O) groups is 1. The van der Waals surface area contributed by atoms with Crippen molar-refractivity contribution < 1.29 is 17.9 Å². The van der Waals surface area contributed by atoms with Crippen LogP contribution in [0.4, 0.5) is 11.5 Å². The first kappa shape index (κ1) is 14.8. The van der Waals surface area contributed by atoms with Gasteiger partial charge in [-0.25, -0.2) is 18.2 Å². The molecule has 0 aliphatic heterocycles. The predicted octanol–water partition coefficient (Wildman–Crippen LogP) is 1.25. The lowest BCUT2D eigenvalue weighted by Crippen LogP contribution is -2.14. The molecule has 0 aliphatic rings. The first-order chi connectivity index (χ1) is 9.92. The molecule has 110 valence electrons. The number of rotatable bonds is 4. The van der Waals surface area contributed by atoms with E-state index in [2.05, 4.69) is 14.4 Å². The Bertz CT molecular complexity index is 757. The maximum atomic E-state index is 12.2. The highest BCUT2D eigenvalue weighted by molar-refractivity contribution is 7.92. The highest BCUT2D eigenvalue weighted by Crippen LogP contribution is 2.17. The third kappa shape index (κ3) is 3.48. The average molecular weight is 307 g/mol. The Labute approximate surface area is 121 Å². The van der Waals surface area contributed by atoms with E-state index in [1.165, 1.54) is 37.4 Å². The summed E-state index contributed by atoms with van der Waals surface area (Å²) >= 11 is 0. The SMILES string of the molecule is COC(=O)c1cccc(NS(=O)(=O)c2ccc(N)nc2)c1. The number of anilines is 2. The van der Waals surface area contributed by atoms with E-state index in [9.17, 15) is 13.2 Å². The van der Waals surface area contributed by atoms with Gasteiger partial charge < -0.3 is 10.5 Å². The van der Waals surface area contributed by atoms with Gasteiger partial charge in [0.2, 0.25) is 0 Å². The van der Waals surface area contributed by atoms with E-state index >= 15 is 0 Å². The Morgan fingerprint density at radius 1 is 1.29 bits per heavy atom. The van der Waals surface area contributed by atoms with Gasteiger partial charge in [0.1, 0.15) is 10.7 Å².